The second-order valence-corrected chi connectivity index (χ2v) is 7.42. The summed E-state index contributed by atoms with van der Waals surface area (Å²) < 4.78 is 6.02. The van der Waals surface area contributed by atoms with Crippen LogP contribution in [-0.4, -0.2) is 10.5 Å². The van der Waals surface area contributed by atoms with Crippen molar-refractivity contribution in [2.24, 2.45) is 11.7 Å². The summed E-state index contributed by atoms with van der Waals surface area (Å²) in [5, 5.41) is 2.63. The minimum Gasteiger partial charge on any atom is -0.453 e. The Morgan fingerprint density at radius 3 is 2.79 bits per heavy atom. The van der Waals surface area contributed by atoms with Crippen LogP contribution in [0.5, 0.6) is 11.5 Å². The fourth-order valence-electron chi connectivity index (χ4n) is 2.54. The van der Waals surface area contributed by atoms with Crippen molar-refractivity contribution in [1.82, 2.24) is 4.98 Å². The average molecular weight is 362 g/mol. The minimum absolute atomic E-state index is 0.217. The molecular weight excluding hydrogens is 342 g/mol. The normalized spacial score (nSPS) is 17.3. The van der Waals surface area contributed by atoms with Gasteiger partial charge in [-0.1, -0.05) is 55.4 Å². The number of rotatable bonds is 5. The Morgan fingerprint density at radius 2 is 2.08 bits per heavy atom. The molecule has 0 amide bonds. The molecule has 1 unspecified atom stereocenters. The second kappa shape index (κ2) is 7.47. The number of ether oxygens (including phenoxy) is 1. The maximum Gasteiger partial charge on any atom is 0.178 e. The van der Waals surface area contributed by atoms with Gasteiger partial charge < -0.3 is 15.4 Å². The Morgan fingerprint density at radius 1 is 1.33 bits per heavy atom. The van der Waals surface area contributed by atoms with Crippen LogP contribution in [0, 0.1) is 5.92 Å². The molecule has 2 N–H and O–H groups in total. The minimum atomic E-state index is -0.217. The lowest BCUT2D eigenvalue weighted by Gasteiger charge is -2.28. The number of aromatic nitrogens is 1. The number of nitrogens with two attached hydrogens (primary N) is 1. The first kappa shape index (κ1) is 17.1. The van der Waals surface area contributed by atoms with Gasteiger partial charge in [0.2, 0.25) is 0 Å². The molecule has 0 bridgehead atoms. The highest BCUT2D eigenvalue weighted by Crippen LogP contribution is 2.41. The highest BCUT2D eigenvalue weighted by atomic mass is 35.5. The number of halogens is 1. The quantitative estimate of drug-likeness (QED) is 0.792. The van der Waals surface area contributed by atoms with Gasteiger partial charge in [-0.2, -0.15) is 0 Å². The Bertz CT molecular complexity index is 736. The molecule has 126 valence electrons. The van der Waals surface area contributed by atoms with Crippen molar-refractivity contribution in [1.29, 1.82) is 0 Å². The Labute approximate surface area is 151 Å². The molecule has 0 saturated heterocycles. The molecule has 1 aromatic heterocycles. The van der Waals surface area contributed by atoms with E-state index in [2.05, 4.69) is 24.2 Å². The molecule has 24 heavy (non-hydrogen) atoms. The van der Waals surface area contributed by atoms with Crippen molar-refractivity contribution in [3.05, 3.63) is 58.7 Å². The first-order chi connectivity index (χ1) is 11.5. The summed E-state index contributed by atoms with van der Waals surface area (Å²) in [5.74, 6) is 2.54. The summed E-state index contributed by atoms with van der Waals surface area (Å²) in [6.45, 7) is 4.37. The maximum absolute atomic E-state index is 6.29. The van der Waals surface area contributed by atoms with E-state index in [1.165, 1.54) is 0 Å². The molecule has 0 spiro atoms. The molecule has 0 saturated carbocycles. The van der Waals surface area contributed by atoms with Gasteiger partial charge in [-0.3, -0.25) is 0 Å². The van der Waals surface area contributed by atoms with E-state index in [4.69, 9.17) is 22.1 Å². The predicted octanol–water partition coefficient (Wildman–Crippen LogP) is 5.21. The maximum atomic E-state index is 6.29. The van der Waals surface area contributed by atoms with Crippen LogP contribution < -0.4 is 15.4 Å². The molecule has 0 fully saturated rings. The summed E-state index contributed by atoms with van der Waals surface area (Å²) in [5.41, 5.74) is 7.22. The standard InChI is InChI=1S/C18H20ClN3OS/c1-12(2)8-14-11-24-18(20)22(14)17-16(9-13(19)10-21-17)23-15-6-4-3-5-7-15/h3-7,9-12,18H,8,20H2,1-2H3. The van der Waals surface area contributed by atoms with Crippen LogP contribution in [0.3, 0.4) is 0 Å². The van der Waals surface area contributed by atoms with Gasteiger partial charge in [0.15, 0.2) is 11.6 Å². The van der Waals surface area contributed by atoms with Gasteiger partial charge in [0.1, 0.15) is 11.2 Å². The van der Waals surface area contributed by atoms with Crippen LogP contribution in [-0.2, 0) is 0 Å². The number of allylic oxidation sites excluding steroid dienone is 1. The molecular formula is C18H20ClN3OS. The molecule has 3 rings (SSSR count). The molecule has 1 atom stereocenters. The lowest BCUT2D eigenvalue weighted by molar-refractivity contribution is 0.479. The van der Waals surface area contributed by atoms with Crippen molar-refractivity contribution in [2.75, 3.05) is 4.90 Å². The third-order valence-electron chi connectivity index (χ3n) is 3.52. The third-order valence-corrected chi connectivity index (χ3v) is 4.63. The van der Waals surface area contributed by atoms with Gasteiger partial charge in [-0.05, 0) is 29.9 Å². The average Bonchev–Trinajstić information content (AvgIpc) is 2.89. The van der Waals surface area contributed by atoms with Crippen LogP contribution in [0.25, 0.3) is 0 Å². The highest BCUT2D eigenvalue weighted by Gasteiger charge is 2.29. The zero-order valence-electron chi connectivity index (χ0n) is 13.6. The van der Waals surface area contributed by atoms with E-state index >= 15 is 0 Å². The van der Waals surface area contributed by atoms with Gasteiger partial charge in [-0.15, -0.1) is 0 Å². The molecule has 1 aliphatic heterocycles. The lowest BCUT2D eigenvalue weighted by atomic mass is 10.1. The van der Waals surface area contributed by atoms with E-state index < -0.39 is 0 Å². The summed E-state index contributed by atoms with van der Waals surface area (Å²) in [7, 11) is 0. The van der Waals surface area contributed by atoms with Crippen LogP contribution in [0.1, 0.15) is 20.3 Å². The van der Waals surface area contributed by atoms with Crippen LogP contribution in [0.2, 0.25) is 5.02 Å². The number of nitrogens with zero attached hydrogens (tertiary/aromatic N) is 2. The van der Waals surface area contributed by atoms with Crippen molar-refractivity contribution in [3.8, 4) is 11.5 Å². The summed E-state index contributed by atoms with van der Waals surface area (Å²) >= 11 is 7.72. The van der Waals surface area contributed by atoms with E-state index in [1.54, 1.807) is 24.0 Å². The molecule has 0 radical (unpaired) electrons. The molecule has 4 nitrogen and oxygen atoms in total. The molecule has 1 aliphatic rings. The van der Waals surface area contributed by atoms with Gasteiger partial charge >= 0.3 is 0 Å². The number of hydrogen-bond donors (Lipinski definition) is 1. The zero-order chi connectivity index (χ0) is 17.1. The van der Waals surface area contributed by atoms with E-state index in [0.717, 1.165) is 17.9 Å². The topological polar surface area (TPSA) is 51.4 Å². The van der Waals surface area contributed by atoms with Crippen LogP contribution >= 0.6 is 23.4 Å². The Hall–Kier alpha value is -1.69. The zero-order valence-corrected chi connectivity index (χ0v) is 15.2. The number of hydrogen-bond acceptors (Lipinski definition) is 5. The highest BCUT2D eigenvalue weighted by molar-refractivity contribution is 8.03. The van der Waals surface area contributed by atoms with Gasteiger partial charge in [0, 0.05) is 18.0 Å². The second-order valence-electron chi connectivity index (χ2n) is 5.99. The first-order valence-corrected chi connectivity index (χ1v) is 9.14. The van der Waals surface area contributed by atoms with E-state index in [-0.39, 0.29) is 5.50 Å². The van der Waals surface area contributed by atoms with Crippen molar-refractivity contribution < 1.29 is 4.74 Å². The monoisotopic (exact) mass is 361 g/mol. The van der Waals surface area contributed by atoms with Gasteiger partial charge in [0.25, 0.3) is 0 Å². The molecule has 0 aliphatic carbocycles. The van der Waals surface area contributed by atoms with Gasteiger partial charge in [-0.25, -0.2) is 4.98 Å². The van der Waals surface area contributed by atoms with E-state index in [9.17, 15) is 0 Å². The SMILES string of the molecule is CC(C)CC1=CSC(N)N1c1ncc(Cl)cc1Oc1ccccc1. The van der Waals surface area contributed by atoms with Gasteiger partial charge in [0.05, 0.1) is 5.02 Å². The molecule has 2 heterocycles. The number of anilines is 1. The Balaban J connectivity index is 1.96. The van der Waals surface area contributed by atoms with Crippen molar-refractivity contribution >= 4 is 29.2 Å². The van der Waals surface area contributed by atoms with Crippen LogP contribution in [0.4, 0.5) is 5.82 Å². The lowest BCUT2D eigenvalue weighted by Crippen LogP contribution is -2.36. The number of thioether (sulfide) groups is 1. The van der Waals surface area contributed by atoms with Crippen molar-refractivity contribution in [2.45, 2.75) is 25.8 Å². The Kier molecular flexibility index (Phi) is 5.33. The molecule has 2 aromatic rings. The fraction of sp³-hybridized carbons (Fsp3) is 0.278. The fourth-order valence-corrected chi connectivity index (χ4v) is 3.55. The predicted molar refractivity (Wildman–Crippen MR) is 101 cm³/mol. The first-order valence-electron chi connectivity index (χ1n) is 7.82. The van der Waals surface area contributed by atoms with E-state index in [0.29, 0.717) is 22.5 Å². The summed E-state index contributed by atoms with van der Waals surface area (Å²) in [4.78, 5) is 6.53. The number of benzene rings is 1. The molecule has 1 aromatic carbocycles. The van der Waals surface area contributed by atoms with E-state index in [1.807, 2.05) is 35.2 Å². The van der Waals surface area contributed by atoms with Crippen LogP contribution in [0.15, 0.2) is 53.7 Å². The number of pyridine rings is 1. The summed E-state index contributed by atoms with van der Waals surface area (Å²) in [6.07, 6.45) is 2.55. The smallest absolute Gasteiger partial charge is 0.178 e. The van der Waals surface area contributed by atoms with Crippen molar-refractivity contribution in [3.63, 3.8) is 0 Å². The number of para-hydroxylation sites is 1. The summed E-state index contributed by atoms with van der Waals surface area (Å²) in [6, 6.07) is 11.4. The molecule has 6 heteroatoms. The third kappa shape index (κ3) is 3.86. The largest absolute Gasteiger partial charge is 0.453 e.